The van der Waals surface area contributed by atoms with Crippen LogP contribution >= 0.6 is 0 Å². The van der Waals surface area contributed by atoms with Crippen molar-refractivity contribution >= 4 is 22.7 Å². The maximum atomic E-state index is 13.3. The average Bonchev–Trinajstić information content (AvgIpc) is 3.21. The van der Waals surface area contributed by atoms with Crippen molar-refractivity contribution in [3.05, 3.63) is 86.3 Å². The number of ketones is 1. The first-order chi connectivity index (χ1) is 14.3. The molecule has 1 aromatic heterocycles. The molecule has 0 bridgehead atoms. The summed E-state index contributed by atoms with van der Waals surface area (Å²) in [6, 6.07) is 11.6. The first-order valence-corrected chi connectivity index (χ1v) is 8.49. The van der Waals surface area contributed by atoms with Gasteiger partial charge in [0, 0.05) is 38.0 Å². The van der Waals surface area contributed by atoms with Gasteiger partial charge in [-0.1, -0.05) is 18.2 Å². The maximum absolute atomic E-state index is 13.3. The topological polar surface area (TPSA) is 150 Å². The number of para-hydroxylation sites is 1. The number of non-ortho nitro benzene ring substituents is 2. The van der Waals surface area contributed by atoms with Crippen molar-refractivity contribution in [2.75, 3.05) is 14.1 Å². The molecule has 152 valence electrons. The van der Waals surface area contributed by atoms with Crippen molar-refractivity contribution in [3.63, 3.8) is 0 Å². The van der Waals surface area contributed by atoms with E-state index >= 15 is 0 Å². The Morgan fingerprint density at radius 2 is 1.63 bits per heavy atom. The number of tetrazole rings is 1. The number of nitrogens with zero attached hydrogens (tertiary/aromatic N) is 7. The Hall–Kier alpha value is -4.48. The summed E-state index contributed by atoms with van der Waals surface area (Å²) in [5, 5.41) is 33.8. The summed E-state index contributed by atoms with van der Waals surface area (Å²) in [6.45, 7) is 0. The van der Waals surface area contributed by atoms with Gasteiger partial charge in [-0.05, 0) is 22.6 Å². The van der Waals surface area contributed by atoms with Gasteiger partial charge in [0.1, 0.15) is 0 Å². The Morgan fingerprint density at radius 1 is 1.03 bits per heavy atom. The first-order valence-electron chi connectivity index (χ1n) is 8.49. The highest BCUT2D eigenvalue weighted by molar-refractivity contribution is 6.28. The molecule has 0 saturated heterocycles. The lowest BCUT2D eigenvalue weighted by Crippen LogP contribution is -2.14. The van der Waals surface area contributed by atoms with Gasteiger partial charge in [0.15, 0.2) is 11.6 Å². The second-order valence-corrected chi connectivity index (χ2v) is 6.34. The fourth-order valence-electron chi connectivity index (χ4n) is 2.67. The molecule has 0 unspecified atom stereocenters. The molecule has 12 heteroatoms. The molecule has 0 amide bonds. The van der Waals surface area contributed by atoms with E-state index in [4.69, 9.17) is 0 Å². The smallest absolute Gasteiger partial charge is 0.277 e. The molecule has 3 rings (SSSR count). The number of hydrogen-bond acceptors (Lipinski definition) is 9. The molecule has 0 aliphatic rings. The van der Waals surface area contributed by atoms with Crippen molar-refractivity contribution < 1.29 is 14.6 Å². The minimum Gasteiger partial charge on any atom is -0.383 e. The van der Waals surface area contributed by atoms with E-state index in [-0.39, 0.29) is 17.0 Å². The van der Waals surface area contributed by atoms with Gasteiger partial charge < -0.3 is 4.90 Å². The highest BCUT2D eigenvalue weighted by Crippen LogP contribution is 2.27. The van der Waals surface area contributed by atoms with Crippen molar-refractivity contribution in [2.24, 2.45) is 0 Å². The molecule has 12 nitrogen and oxygen atoms in total. The first kappa shape index (κ1) is 20.3. The van der Waals surface area contributed by atoms with E-state index in [0.717, 1.165) is 18.2 Å². The number of aromatic nitrogens is 4. The molecule has 0 saturated carbocycles. The van der Waals surface area contributed by atoms with Gasteiger partial charge in [0.25, 0.3) is 11.4 Å². The third-order valence-corrected chi connectivity index (χ3v) is 3.93. The number of carbonyl (C=O) groups excluding carboxylic acids is 1. The van der Waals surface area contributed by atoms with Crippen LogP contribution in [0.5, 0.6) is 0 Å². The van der Waals surface area contributed by atoms with Gasteiger partial charge in [-0.3, -0.25) is 25.0 Å². The summed E-state index contributed by atoms with van der Waals surface area (Å²) in [6.07, 6.45) is 1.44. The highest BCUT2D eigenvalue weighted by Gasteiger charge is 2.26. The zero-order valence-corrected chi connectivity index (χ0v) is 15.9. The predicted molar refractivity (Wildman–Crippen MR) is 105 cm³/mol. The molecular weight excluding hydrogens is 394 g/mol. The van der Waals surface area contributed by atoms with E-state index < -0.39 is 27.0 Å². The van der Waals surface area contributed by atoms with E-state index in [1.54, 1.807) is 49.3 Å². The van der Waals surface area contributed by atoms with Gasteiger partial charge in [0.2, 0.25) is 0 Å². The van der Waals surface area contributed by atoms with Crippen molar-refractivity contribution in [1.82, 2.24) is 25.1 Å². The number of carbonyl (C=O) groups is 1. The summed E-state index contributed by atoms with van der Waals surface area (Å²) in [5.74, 6) is -0.628. The number of nitro benzene ring substituents is 2. The molecule has 0 aliphatic heterocycles. The van der Waals surface area contributed by atoms with E-state index in [9.17, 15) is 25.0 Å². The van der Waals surface area contributed by atoms with E-state index in [1.807, 2.05) is 0 Å². The lowest BCUT2D eigenvalue weighted by atomic mass is 10.0. The van der Waals surface area contributed by atoms with Gasteiger partial charge in [-0.25, -0.2) is 0 Å². The molecule has 0 atom stereocenters. The molecular formula is C18H15N7O5. The summed E-state index contributed by atoms with van der Waals surface area (Å²) in [5.41, 5.74) is -0.783. The Labute approximate surface area is 169 Å². The lowest BCUT2D eigenvalue weighted by Gasteiger charge is -2.12. The van der Waals surface area contributed by atoms with Crippen LogP contribution in [0, 0.1) is 20.2 Å². The van der Waals surface area contributed by atoms with Crippen molar-refractivity contribution in [3.8, 4) is 5.69 Å². The van der Waals surface area contributed by atoms with Crippen LogP contribution in [0.15, 0.2) is 54.7 Å². The van der Waals surface area contributed by atoms with Gasteiger partial charge in [0.05, 0.1) is 27.2 Å². The predicted octanol–water partition coefficient (Wildman–Crippen LogP) is 2.26. The number of Topliss-reactive ketones (excluding diaryl/α,β-unsaturated/α-hetero) is 1. The number of benzene rings is 2. The molecule has 3 aromatic rings. The minimum absolute atomic E-state index is 0.00338. The minimum atomic E-state index is -0.798. The van der Waals surface area contributed by atoms with Crippen LogP contribution in [-0.2, 0) is 0 Å². The molecule has 0 N–H and O–H groups in total. The second kappa shape index (κ2) is 8.26. The largest absolute Gasteiger partial charge is 0.383 e. The van der Waals surface area contributed by atoms with Gasteiger partial charge >= 0.3 is 0 Å². The van der Waals surface area contributed by atoms with E-state index in [2.05, 4.69) is 15.5 Å². The fourth-order valence-corrected chi connectivity index (χ4v) is 2.67. The third kappa shape index (κ3) is 4.16. The Kier molecular flexibility index (Phi) is 5.58. The summed E-state index contributed by atoms with van der Waals surface area (Å²) < 4.78 is 1.33. The van der Waals surface area contributed by atoms with Crippen LogP contribution < -0.4 is 0 Å². The Bertz CT molecular complexity index is 1120. The third-order valence-electron chi connectivity index (χ3n) is 3.93. The lowest BCUT2D eigenvalue weighted by molar-refractivity contribution is -0.394. The SMILES string of the molecule is CN(C)/C=C(\C(=O)c1cc([N+](=O)[O-])cc([N+](=O)[O-])c1)c1nnnn1-c1ccccc1. The normalized spacial score (nSPS) is 11.2. The molecule has 0 radical (unpaired) electrons. The number of allylic oxidation sites excluding steroid dienone is 1. The maximum Gasteiger partial charge on any atom is 0.277 e. The summed E-state index contributed by atoms with van der Waals surface area (Å²) in [4.78, 5) is 35.6. The molecule has 1 heterocycles. The monoisotopic (exact) mass is 409 g/mol. The van der Waals surface area contributed by atoms with Crippen molar-refractivity contribution in [2.45, 2.75) is 0 Å². The van der Waals surface area contributed by atoms with E-state index in [1.165, 1.54) is 10.9 Å². The standard InChI is InChI=1S/C18H15N7O5/c1-22(2)11-16(18-19-20-21-23(18)13-6-4-3-5-7-13)17(26)12-8-14(24(27)28)10-15(9-12)25(29)30/h3-11H,1-2H3/b16-11+. The molecule has 0 fully saturated rings. The quantitative estimate of drug-likeness (QED) is 0.248. The summed E-state index contributed by atoms with van der Waals surface area (Å²) >= 11 is 0. The molecule has 30 heavy (non-hydrogen) atoms. The zero-order chi connectivity index (χ0) is 21.8. The van der Waals surface area contributed by atoms with Crippen LogP contribution in [-0.4, -0.2) is 54.8 Å². The van der Waals surface area contributed by atoms with Crippen molar-refractivity contribution in [1.29, 1.82) is 0 Å². The fraction of sp³-hybridized carbons (Fsp3) is 0.111. The molecule has 0 aliphatic carbocycles. The number of rotatable bonds is 7. The number of hydrogen-bond donors (Lipinski definition) is 0. The zero-order valence-electron chi connectivity index (χ0n) is 15.9. The molecule has 0 spiro atoms. The van der Waals surface area contributed by atoms with Gasteiger partial charge in [-0.2, -0.15) is 4.68 Å². The van der Waals surface area contributed by atoms with Crippen LogP contribution in [0.2, 0.25) is 0 Å². The second-order valence-electron chi connectivity index (χ2n) is 6.34. The van der Waals surface area contributed by atoms with Crippen LogP contribution in [0.25, 0.3) is 11.3 Å². The number of nitro groups is 2. The van der Waals surface area contributed by atoms with Crippen LogP contribution in [0.4, 0.5) is 11.4 Å². The van der Waals surface area contributed by atoms with Crippen LogP contribution in [0.3, 0.4) is 0 Å². The Morgan fingerprint density at radius 3 is 2.17 bits per heavy atom. The average molecular weight is 409 g/mol. The summed E-state index contributed by atoms with van der Waals surface area (Å²) in [7, 11) is 3.33. The molecule has 2 aromatic carbocycles. The van der Waals surface area contributed by atoms with E-state index in [0.29, 0.717) is 5.69 Å². The Balaban J connectivity index is 2.16. The van der Waals surface area contributed by atoms with Gasteiger partial charge in [-0.15, -0.1) is 5.10 Å². The van der Waals surface area contributed by atoms with Crippen LogP contribution in [0.1, 0.15) is 16.2 Å². The highest BCUT2D eigenvalue weighted by atomic mass is 16.6.